The van der Waals surface area contributed by atoms with Crippen LogP contribution >= 0.6 is 0 Å². The van der Waals surface area contributed by atoms with Crippen LogP contribution in [0.3, 0.4) is 0 Å². The van der Waals surface area contributed by atoms with Gasteiger partial charge in [-0.1, -0.05) is 0 Å². The van der Waals surface area contributed by atoms with Crippen LogP contribution in [0.2, 0.25) is 0 Å². The molecule has 0 unspecified atom stereocenters. The van der Waals surface area contributed by atoms with Gasteiger partial charge in [0.2, 0.25) is 0 Å². The molecular formula is C8H16FNO2. The average molecular weight is 177 g/mol. The number of rotatable bonds is 4. The molecule has 3 nitrogen and oxygen atoms in total. The van der Waals surface area contributed by atoms with Crippen molar-refractivity contribution in [2.24, 2.45) is 0 Å². The molecule has 0 aliphatic carbocycles. The number of hydrogen-bond acceptors (Lipinski definition) is 3. The number of aliphatic hydroxyl groups is 1. The smallest absolute Gasteiger partial charge is 0.102 e. The Balaban J connectivity index is 2.17. The number of hydrogen-bond donors (Lipinski definition) is 2. The van der Waals surface area contributed by atoms with Gasteiger partial charge in [0.15, 0.2) is 0 Å². The van der Waals surface area contributed by atoms with Gasteiger partial charge in [-0.15, -0.1) is 0 Å². The number of ether oxygens (including phenoxy) is 1. The zero-order chi connectivity index (χ0) is 8.86. The Morgan fingerprint density at radius 2 is 2.08 bits per heavy atom. The molecule has 0 bridgehead atoms. The van der Waals surface area contributed by atoms with E-state index < -0.39 is 5.60 Å². The first-order valence-corrected chi connectivity index (χ1v) is 4.34. The van der Waals surface area contributed by atoms with Gasteiger partial charge in [0.25, 0.3) is 0 Å². The van der Waals surface area contributed by atoms with Crippen LogP contribution in [0, 0.1) is 0 Å². The molecule has 0 radical (unpaired) electrons. The van der Waals surface area contributed by atoms with Gasteiger partial charge < -0.3 is 15.2 Å². The minimum atomic E-state index is -0.673. The van der Waals surface area contributed by atoms with Crippen molar-refractivity contribution in [3.63, 3.8) is 0 Å². The summed E-state index contributed by atoms with van der Waals surface area (Å²) in [4.78, 5) is 0. The van der Waals surface area contributed by atoms with Crippen molar-refractivity contribution in [1.29, 1.82) is 0 Å². The van der Waals surface area contributed by atoms with Crippen LogP contribution in [-0.2, 0) is 4.74 Å². The van der Waals surface area contributed by atoms with Crippen LogP contribution in [0.1, 0.15) is 12.8 Å². The summed E-state index contributed by atoms with van der Waals surface area (Å²) in [5, 5.41) is 12.7. The molecule has 1 fully saturated rings. The average Bonchev–Trinajstić information content (AvgIpc) is 2.06. The summed E-state index contributed by atoms with van der Waals surface area (Å²) in [7, 11) is 0. The third kappa shape index (κ3) is 3.05. The Bertz CT molecular complexity index is 126. The molecule has 72 valence electrons. The van der Waals surface area contributed by atoms with Crippen molar-refractivity contribution >= 4 is 0 Å². The first kappa shape index (κ1) is 9.89. The lowest BCUT2D eigenvalue weighted by Crippen LogP contribution is -2.45. The molecule has 1 aliphatic rings. The maximum Gasteiger partial charge on any atom is 0.102 e. The Morgan fingerprint density at radius 1 is 1.42 bits per heavy atom. The molecule has 1 heterocycles. The molecule has 0 spiro atoms. The van der Waals surface area contributed by atoms with E-state index in [2.05, 4.69) is 5.32 Å². The lowest BCUT2D eigenvalue weighted by atomic mass is 9.94. The third-order valence-corrected chi connectivity index (χ3v) is 2.15. The molecule has 0 saturated carbocycles. The van der Waals surface area contributed by atoms with Crippen LogP contribution in [-0.4, -0.2) is 43.7 Å². The van der Waals surface area contributed by atoms with Crippen molar-refractivity contribution in [3.05, 3.63) is 0 Å². The van der Waals surface area contributed by atoms with Crippen molar-refractivity contribution in [3.8, 4) is 0 Å². The highest BCUT2D eigenvalue weighted by molar-refractivity contribution is 4.83. The van der Waals surface area contributed by atoms with Crippen LogP contribution in [0.5, 0.6) is 0 Å². The van der Waals surface area contributed by atoms with E-state index in [-0.39, 0.29) is 6.67 Å². The molecule has 0 aromatic rings. The van der Waals surface area contributed by atoms with Gasteiger partial charge in [-0.25, -0.2) is 4.39 Å². The minimum Gasteiger partial charge on any atom is -0.388 e. The molecule has 0 amide bonds. The second-order valence-corrected chi connectivity index (χ2v) is 3.20. The summed E-state index contributed by atoms with van der Waals surface area (Å²) in [6.45, 7) is 1.62. The molecule has 4 heteroatoms. The van der Waals surface area contributed by atoms with Gasteiger partial charge in [0, 0.05) is 39.1 Å². The van der Waals surface area contributed by atoms with Gasteiger partial charge >= 0.3 is 0 Å². The first-order chi connectivity index (χ1) is 5.77. The van der Waals surface area contributed by atoms with E-state index in [1.54, 1.807) is 0 Å². The van der Waals surface area contributed by atoms with E-state index in [1.165, 1.54) is 0 Å². The monoisotopic (exact) mass is 177 g/mol. The molecule has 2 N–H and O–H groups in total. The van der Waals surface area contributed by atoms with Crippen LogP contribution in [0.25, 0.3) is 0 Å². The predicted octanol–water partition coefficient (Wildman–Crippen LogP) is 0.0870. The fourth-order valence-electron chi connectivity index (χ4n) is 1.32. The molecule has 1 aliphatic heterocycles. The van der Waals surface area contributed by atoms with Crippen molar-refractivity contribution in [2.45, 2.75) is 18.4 Å². The highest BCUT2D eigenvalue weighted by Gasteiger charge is 2.28. The van der Waals surface area contributed by atoms with Crippen molar-refractivity contribution in [2.75, 3.05) is 33.0 Å². The van der Waals surface area contributed by atoms with Gasteiger partial charge in [0.05, 0.1) is 5.60 Å². The summed E-state index contributed by atoms with van der Waals surface area (Å²) in [5.74, 6) is 0. The predicted molar refractivity (Wildman–Crippen MR) is 43.8 cm³/mol. The second kappa shape index (κ2) is 4.74. The molecule has 0 aromatic carbocycles. The molecular weight excluding hydrogens is 161 g/mol. The van der Waals surface area contributed by atoms with Crippen molar-refractivity contribution < 1.29 is 14.2 Å². The SMILES string of the molecule is OC1(CNCCF)CCOCC1. The molecule has 12 heavy (non-hydrogen) atoms. The van der Waals surface area contributed by atoms with Crippen LogP contribution < -0.4 is 5.32 Å². The zero-order valence-corrected chi connectivity index (χ0v) is 7.18. The normalized spacial score (nSPS) is 22.5. The molecule has 1 rings (SSSR count). The summed E-state index contributed by atoms with van der Waals surface area (Å²) >= 11 is 0. The molecule has 0 atom stereocenters. The fourth-order valence-corrected chi connectivity index (χ4v) is 1.32. The van der Waals surface area contributed by atoms with E-state index in [0.29, 0.717) is 39.1 Å². The second-order valence-electron chi connectivity index (χ2n) is 3.20. The van der Waals surface area contributed by atoms with E-state index in [0.717, 1.165) is 0 Å². The summed E-state index contributed by atoms with van der Waals surface area (Å²) < 4.78 is 16.8. The molecule has 1 saturated heterocycles. The number of nitrogens with one attached hydrogen (secondary N) is 1. The lowest BCUT2D eigenvalue weighted by molar-refractivity contribution is -0.0615. The van der Waals surface area contributed by atoms with Gasteiger partial charge in [-0.05, 0) is 0 Å². The standard InChI is InChI=1S/C8H16FNO2/c9-3-4-10-7-8(11)1-5-12-6-2-8/h10-11H,1-7H2. The van der Waals surface area contributed by atoms with E-state index >= 15 is 0 Å². The minimum absolute atomic E-state index is 0.323. The van der Waals surface area contributed by atoms with E-state index in [4.69, 9.17) is 4.74 Å². The summed E-state index contributed by atoms with van der Waals surface area (Å²) in [6.07, 6.45) is 1.29. The zero-order valence-electron chi connectivity index (χ0n) is 7.18. The van der Waals surface area contributed by atoms with Gasteiger partial charge in [0.1, 0.15) is 6.67 Å². The van der Waals surface area contributed by atoms with Crippen molar-refractivity contribution in [1.82, 2.24) is 5.32 Å². The Hall–Kier alpha value is -0.190. The summed E-state index contributed by atoms with van der Waals surface area (Å²) in [5.41, 5.74) is -0.673. The Morgan fingerprint density at radius 3 is 2.67 bits per heavy atom. The Kier molecular flexibility index (Phi) is 3.91. The van der Waals surface area contributed by atoms with E-state index in [9.17, 15) is 9.50 Å². The summed E-state index contributed by atoms with van der Waals surface area (Å²) in [6, 6.07) is 0. The fraction of sp³-hybridized carbons (Fsp3) is 1.00. The maximum atomic E-state index is 11.7. The number of halogens is 1. The van der Waals surface area contributed by atoms with Crippen LogP contribution in [0.4, 0.5) is 4.39 Å². The highest BCUT2D eigenvalue weighted by atomic mass is 19.1. The van der Waals surface area contributed by atoms with Gasteiger partial charge in [-0.3, -0.25) is 0 Å². The Labute approximate surface area is 71.9 Å². The number of alkyl halides is 1. The quantitative estimate of drug-likeness (QED) is 0.598. The third-order valence-electron chi connectivity index (χ3n) is 2.15. The largest absolute Gasteiger partial charge is 0.388 e. The lowest BCUT2D eigenvalue weighted by Gasteiger charge is -2.32. The first-order valence-electron chi connectivity index (χ1n) is 4.34. The topological polar surface area (TPSA) is 41.5 Å². The highest BCUT2D eigenvalue weighted by Crippen LogP contribution is 2.18. The molecule has 0 aromatic heterocycles. The maximum absolute atomic E-state index is 11.7. The van der Waals surface area contributed by atoms with Crippen LogP contribution in [0.15, 0.2) is 0 Å². The van der Waals surface area contributed by atoms with Gasteiger partial charge in [-0.2, -0.15) is 0 Å². The van der Waals surface area contributed by atoms with E-state index in [1.807, 2.05) is 0 Å².